The molecule has 0 heterocycles. The molecule has 0 saturated heterocycles. The Morgan fingerprint density at radius 1 is 1.25 bits per heavy atom. The van der Waals surface area contributed by atoms with Crippen LogP contribution in [0.15, 0.2) is 24.3 Å². The van der Waals surface area contributed by atoms with Gasteiger partial charge in [-0.05, 0) is 44.0 Å². The summed E-state index contributed by atoms with van der Waals surface area (Å²) in [5.74, 6) is 0.00523. The molecule has 0 radical (unpaired) electrons. The lowest BCUT2D eigenvalue weighted by Crippen LogP contribution is -2.45. The van der Waals surface area contributed by atoms with Crippen LogP contribution in [0, 0.1) is 0 Å². The molecule has 1 aromatic carbocycles. The van der Waals surface area contributed by atoms with Gasteiger partial charge in [-0.15, -0.1) is 11.6 Å². The first kappa shape index (κ1) is 16.8. The monoisotopic (exact) mass is 307 g/mol. The van der Waals surface area contributed by atoms with Gasteiger partial charge in [0.1, 0.15) is 0 Å². The molecule has 0 bridgehead atoms. The van der Waals surface area contributed by atoms with Crippen LogP contribution in [0.4, 0.5) is 13.2 Å². The van der Waals surface area contributed by atoms with Gasteiger partial charge < -0.3 is 5.32 Å². The summed E-state index contributed by atoms with van der Waals surface area (Å²) in [5, 5.41) is 2.81. The fourth-order valence-corrected chi connectivity index (χ4v) is 2.11. The SMILES string of the molecule is CCC(C)(CCCl)NC(=O)c1ccc(C(F)(F)F)cc1. The minimum absolute atomic E-state index is 0.201. The predicted octanol–water partition coefficient (Wildman–Crippen LogP) is 4.23. The van der Waals surface area contributed by atoms with Crippen molar-refractivity contribution in [2.45, 2.75) is 38.4 Å². The molecule has 6 heteroatoms. The highest BCUT2D eigenvalue weighted by atomic mass is 35.5. The van der Waals surface area contributed by atoms with Crippen LogP contribution in [-0.4, -0.2) is 17.3 Å². The van der Waals surface area contributed by atoms with E-state index < -0.39 is 23.2 Å². The summed E-state index contributed by atoms with van der Waals surface area (Å²) in [5.41, 5.74) is -1.03. The van der Waals surface area contributed by atoms with Crippen molar-refractivity contribution in [3.8, 4) is 0 Å². The molecule has 1 rings (SSSR count). The molecule has 1 unspecified atom stereocenters. The molecule has 1 atom stereocenters. The lowest BCUT2D eigenvalue weighted by molar-refractivity contribution is -0.137. The molecule has 20 heavy (non-hydrogen) atoms. The Morgan fingerprint density at radius 3 is 2.20 bits per heavy atom. The molecule has 1 N–H and O–H groups in total. The predicted molar refractivity (Wildman–Crippen MR) is 72.9 cm³/mol. The number of benzene rings is 1. The quantitative estimate of drug-likeness (QED) is 0.810. The first-order valence-corrected chi connectivity index (χ1v) is 6.81. The number of rotatable bonds is 5. The summed E-state index contributed by atoms with van der Waals surface area (Å²) < 4.78 is 37.3. The van der Waals surface area contributed by atoms with Gasteiger partial charge in [-0.25, -0.2) is 0 Å². The number of halogens is 4. The number of amides is 1. The lowest BCUT2D eigenvalue weighted by Gasteiger charge is -2.29. The first-order chi connectivity index (χ1) is 9.22. The third-order valence-electron chi connectivity index (χ3n) is 3.32. The third kappa shape index (κ3) is 4.40. The maximum Gasteiger partial charge on any atom is 0.416 e. The van der Waals surface area contributed by atoms with Crippen molar-refractivity contribution in [1.29, 1.82) is 0 Å². The zero-order valence-electron chi connectivity index (χ0n) is 11.4. The van der Waals surface area contributed by atoms with Crippen LogP contribution in [0.1, 0.15) is 42.6 Å². The van der Waals surface area contributed by atoms with Crippen molar-refractivity contribution in [1.82, 2.24) is 5.32 Å². The van der Waals surface area contributed by atoms with Crippen molar-refractivity contribution in [2.24, 2.45) is 0 Å². The first-order valence-electron chi connectivity index (χ1n) is 6.27. The Kier molecular flexibility index (Phi) is 5.45. The summed E-state index contributed by atoms with van der Waals surface area (Å²) in [7, 11) is 0. The molecule has 0 aromatic heterocycles. The van der Waals surface area contributed by atoms with Crippen molar-refractivity contribution in [3.05, 3.63) is 35.4 Å². The Bertz CT molecular complexity index is 458. The van der Waals surface area contributed by atoms with Crippen LogP contribution in [0.3, 0.4) is 0 Å². The number of alkyl halides is 4. The maximum absolute atomic E-state index is 12.4. The van der Waals surface area contributed by atoms with Gasteiger partial charge in [0.25, 0.3) is 5.91 Å². The largest absolute Gasteiger partial charge is 0.416 e. The minimum atomic E-state index is -4.40. The Balaban J connectivity index is 2.83. The smallest absolute Gasteiger partial charge is 0.347 e. The highest BCUT2D eigenvalue weighted by Gasteiger charge is 2.30. The van der Waals surface area contributed by atoms with Crippen molar-refractivity contribution < 1.29 is 18.0 Å². The number of hydrogen-bond acceptors (Lipinski definition) is 1. The van der Waals surface area contributed by atoms with E-state index in [2.05, 4.69) is 5.32 Å². The van der Waals surface area contributed by atoms with E-state index in [0.29, 0.717) is 18.7 Å². The van der Waals surface area contributed by atoms with E-state index >= 15 is 0 Å². The molecule has 0 spiro atoms. The van der Waals surface area contributed by atoms with Gasteiger partial charge in [-0.2, -0.15) is 13.2 Å². The van der Waals surface area contributed by atoms with Gasteiger partial charge in [-0.3, -0.25) is 4.79 Å². The molecule has 0 aliphatic heterocycles. The van der Waals surface area contributed by atoms with E-state index in [9.17, 15) is 18.0 Å². The molecule has 1 amide bonds. The van der Waals surface area contributed by atoms with Crippen LogP contribution >= 0.6 is 11.6 Å². The molecule has 0 fully saturated rings. The average Bonchev–Trinajstić information content (AvgIpc) is 2.38. The highest BCUT2D eigenvalue weighted by molar-refractivity contribution is 6.17. The second kappa shape index (κ2) is 6.48. The summed E-state index contributed by atoms with van der Waals surface area (Å²) in [6, 6.07) is 4.16. The minimum Gasteiger partial charge on any atom is -0.347 e. The van der Waals surface area contributed by atoms with Gasteiger partial charge in [0.15, 0.2) is 0 Å². The van der Waals surface area contributed by atoms with Crippen molar-refractivity contribution >= 4 is 17.5 Å². The molecule has 2 nitrogen and oxygen atoms in total. The molecular weight excluding hydrogens is 291 g/mol. The highest BCUT2D eigenvalue weighted by Crippen LogP contribution is 2.29. The fourth-order valence-electron chi connectivity index (χ4n) is 1.69. The zero-order chi connectivity index (χ0) is 15.4. The van der Waals surface area contributed by atoms with E-state index in [1.807, 2.05) is 13.8 Å². The van der Waals surface area contributed by atoms with Gasteiger partial charge in [0.2, 0.25) is 0 Å². The summed E-state index contributed by atoms with van der Waals surface area (Å²) in [6.45, 7) is 3.77. The maximum atomic E-state index is 12.4. The van der Waals surface area contributed by atoms with Crippen LogP contribution in [0.25, 0.3) is 0 Å². The van der Waals surface area contributed by atoms with Crippen LogP contribution in [0.5, 0.6) is 0 Å². The molecule has 1 aromatic rings. The second-order valence-corrected chi connectivity index (χ2v) is 5.26. The van der Waals surface area contributed by atoms with E-state index in [0.717, 1.165) is 12.1 Å². The molecule has 0 saturated carbocycles. The van der Waals surface area contributed by atoms with Crippen LogP contribution in [-0.2, 0) is 6.18 Å². The van der Waals surface area contributed by atoms with Gasteiger partial charge in [0.05, 0.1) is 5.56 Å². The zero-order valence-corrected chi connectivity index (χ0v) is 12.1. The van der Waals surface area contributed by atoms with E-state index in [1.54, 1.807) is 0 Å². The van der Waals surface area contributed by atoms with Gasteiger partial charge in [0, 0.05) is 17.0 Å². The van der Waals surface area contributed by atoms with Crippen molar-refractivity contribution in [3.63, 3.8) is 0 Å². The fraction of sp³-hybridized carbons (Fsp3) is 0.500. The molecular formula is C14H17ClF3NO. The second-order valence-electron chi connectivity index (χ2n) is 4.88. The van der Waals surface area contributed by atoms with Gasteiger partial charge in [-0.1, -0.05) is 6.92 Å². The normalized spacial score (nSPS) is 14.7. The number of carbonyl (C=O) groups is 1. The van der Waals surface area contributed by atoms with E-state index in [4.69, 9.17) is 11.6 Å². The van der Waals surface area contributed by atoms with E-state index in [1.165, 1.54) is 12.1 Å². The van der Waals surface area contributed by atoms with E-state index in [-0.39, 0.29) is 5.56 Å². The molecule has 112 valence electrons. The average molecular weight is 308 g/mol. The Hall–Kier alpha value is -1.23. The van der Waals surface area contributed by atoms with Crippen molar-refractivity contribution in [2.75, 3.05) is 5.88 Å². The summed E-state index contributed by atoms with van der Waals surface area (Å²) in [6.07, 6.45) is -3.12. The topological polar surface area (TPSA) is 29.1 Å². The number of hydrogen-bond donors (Lipinski definition) is 1. The summed E-state index contributed by atoms with van der Waals surface area (Å²) >= 11 is 5.69. The van der Waals surface area contributed by atoms with Gasteiger partial charge >= 0.3 is 6.18 Å². The Labute approximate surface area is 121 Å². The molecule has 0 aliphatic rings. The van der Waals surface area contributed by atoms with Crippen LogP contribution < -0.4 is 5.32 Å². The summed E-state index contributed by atoms with van der Waals surface area (Å²) in [4.78, 5) is 12.0. The number of nitrogens with one attached hydrogen (secondary N) is 1. The third-order valence-corrected chi connectivity index (χ3v) is 3.51. The molecule has 0 aliphatic carbocycles. The van der Waals surface area contributed by atoms with Crippen LogP contribution in [0.2, 0.25) is 0 Å². The number of carbonyl (C=O) groups excluding carboxylic acids is 1. The lowest BCUT2D eigenvalue weighted by atomic mass is 9.95. The standard InChI is InChI=1S/C14H17ClF3NO/c1-3-13(2,8-9-15)19-12(20)10-4-6-11(7-5-10)14(16,17)18/h4-7H,3,8-9H2,1-2H3,(H,19,20). The Morgan fingerprint density at radius 2 is 1.80 bits per heavy atom.